The normalized spacial score (nSPS) is 25.5. The third kappa shape index (κ3) is 1.47. The molecular formula is C13H15NO. The van der Waals surface area contributed by atoms with Crippen LogP contribution in [0, 0.1) is 0 Å². The molecule has 0 bridgehead atoms. The first-order valence-electron chi connectivity index (χ1n) is 5.21. The number of benzene rings is 1. The number of carbonyl (C=O) groups excluding carboxylic acids is 1. The highest BCUT2D eigenvalue weighted by Crippen LogP contribution is 2.40. The Hall–Kier alpha value is -1.53. The summed E-state index contributed by atoms with van der Waals surface area (Å²) >= 11 is 0. The van der Waals surface area contributed by atoms with Crippen LogP contribution in [0.3, 0.4) is 0 Å². The average molecular weight is 201 g/mol. The smallest absolute Gasteiger partial charge is 0.146 e. The third-order valence-electron chi connectivity index (χ3n) is 3.36. The first kappa shape index (κ1) is 10.0. The lowest BCUT2D eigenvalue weighted by molar-refractivity contribution is 0.466. The van der Waals surface area contributed by atoms with Crippen molar-refractivity contribution in [2.24, 2.45) is 0 Å². The summed E-state index contributed by atoms with van der Waals surface area (Å²) in [5, 5.41) is 0. The number of likely N-dealkylation sites (N-methyl/N-ethyl adjacent to an activating group) is 1. The van der Waals surface area contributed by atoms with E-state index in [4.69, 9.17) is 0 Å². The Labute approximate surface area is 90.2 Å². The van der Waals surface area contributed by atoms with Crippen LogP contribution >= 0.6 is 0 Å². The molecule has 1 aliphatic heterocycles. The van der Waals surface area contributed by atoms with Gasteiger partial charge in [0.25, 0.3) is 0 Å². The van der Waals surface area contributed by atoms with Crippen molar-refractivity contribution in [1.82, 2.24) is 4.90 Å². The first-order chi connectivity index (χ1) is 7.18. The summed E-state index contributed by atoms with van der Waals surface area (Å²) in [6.07, 6.45) is 0.984. The van der Waals surface area contributed by atoms with Gasteiger partial charge in [-0.05, 0) is 18.9 Å². The summed E-state index contributed by atoms with van der Waals surface area (Å²) in [6, 6.07) is 10.2. The van der Waals surface area contributed by atoms with Crippen LogP contribution in [0.2, 0.25) is 0 Å². The van der Waals surface area contributed by atoms with Gasteiger partial charge < -0.3 is 4.90 Å². The van der Waals surface area contributed by atoms with Crippen LogP contribution in [0.1, 0.15) is 18.9 Å². The second kappa shape index (κ2) is 3.56. The highest BCUT2D eigenvalue weighted by Gasteiger charge is 2.39. The van der Waals surface area contributed by atoms with Gasteiger partial charge in [-0.25, -0.2) is 4.79 Å². The van der Waals surface area contributed by atoms with Crippen molar-refractivity contribution in [3.63, 3.8) is 0 Å². The summed E-state index contributed by atoms with van der Waals surface area (Å²) in [5.74, 6) is 2.10. The predicted molar refractivity (Wildman–Crippen MR) is 60.2 cm³/mol. The Balaban J connectivity index is 2.48. The van der Waals surface area contributed by atoms with Crippen molar-refractivity contribution in [2.75, 3.05) is 13.6 Å². The maximum absolute atomic E-state index is 11.0. The van der Waals surface area contributed by atoms with Crippen LogP contribution in [-0.4, -0.2) is 24.4 Å². The van der Waals surface area contributed by atoms with Crippen LogP contribution in [0.5, 0.6) is 0 Å². The quantitative estimate of drug-likeness (QED) is 0.648. The molecule has 1 heterocycles. The molecule has 0 spiro atoms. The summed E-state index contributed by atoms with van der Waals surface area (Å²) in [6.45, 7) is 3.04. The fourth-order valence-electron chi connectivity index (χ4n) is 2.32. The van der Waals surface area contributed by atoms with Crippen molar-refractivity contribution >= 4 is 5.94 Å². The molecule has 0 aliphatic carbocycles. The number of rotatable bonds is 1. The molecule has 1 unspecified atom stereocenters. The predicted octanol–water partition coefficient (Wildman–Crippen LogP) is 2.00. The first-order valence-corrected chi connectivity index (χ1v) is 5.21. The fraction of sp³-hybridized carbons (Fsp3) is 0.385. The number of nitrogens with zero attached hydrogens (tertiary/aromatic N) is 1. The third-order valence-corrected chi connectivity index (χ3v) is 3.36. The molecule has 0 amide bonds. The zero-order valence-electron chi connectivity index (χ0n) is 9.16. The van der Waals surface area contributed by atoms with Crippen molar-refractivity contribution in [3.8, 4) is 0 Å². The fourth-order valence-corrected chi connectivity index (χ4v) is 2.32. The number of likely N-dealkylation sites (tertiary alicyclic amines) is 1. The number of hydrogen-bond acceptors (Lipinski definition) is 2. The second-order valence-corrected chi connectivity index (χ2v) is 4.32. The molecule has 2 nitrogen and oxygen atoms in total. The maximum Gasteiger partial charge on any atom is 0.146 e. The summed E-state index contributed by atoms with van der Waals surface area (Å²) in [4.78, 5) is 13.0. The molecule has 0 radical (unpaired) electrons. The van der Waals surface area contributed by atoms with Gasteiger partial charge in [-0.15, -0.1) is 0 Å². The molecule has 1 saturated heterocycles. The monoisotopic (exact) mass is 201 g/mol. The van der Waals surface area contributed by atoms with Gasteiger partial charge in [0, 0.05) is 19.0 Å². The van der Waals surface area contributed by atoms with Crippen molar-refractivity contribution in [1.29, 1.82) is 0 Å². The molecule has 15 heavy (non-hydrogen) atoms. The van der Waals surface area contributed by atoms with E-state index in [1.54, 1.807) is 0 Å². The van der Waals surface area contributed by atoms with E-state index in [2.05, 4.69) is 25.0 Å². The van der Waals surface area contributed by atoms with E-state index < -0.39 is 0 Å². The molecule has 1 aliphatic rings. The molecule has 0 N–H and O–H groups in total. The number of allylic oxidation sites excluding steroid dienone is 1. The van der Waals surface area contributed by atoms with Gasteiger partial charge in [0.1, 0.15) is 11.6 Å². The Morgan fingerprint density at radius 3 is 2.60 bits per heavy atom. The minimum Gasteiger partial charge on any atom is -0.368 e. The molecule has 78 valence electrons. The molecule has 1 aromatic rings. The maximum atomic E-state index is 11.0. The largest absolute Gasteiger partial charge is 0.368 e. The molecule has 2 rings (SSSR count). The van der Waals surface area contributed by atoms with E-state index in [0.29, 0.717) is 0 Å². The second-order valence-electron chi connectivity index (χ2n) is 4.32. The minimum atomic E-state index is -0.155. The van der Waals surface area contributed by atoms with Gasteiger partial charge in [0.15, 0.2) is 0 Å². The summed E-state index contributed by atoms with van der Waals surface area (Å²) in [7, 11) is 1.95. The number of hydrogen-bond donors (Lipinski definition) is 0. The van der Waals surface area contributed by atoms with Gasteiger partial charge >= 0.3 is 0 Å². The standard InChI is InChI=1S/C13H15NO/c1-13(11-6-4-3-5-7-11)8-9-14(2)12(13)10-15/h3-7H,8-9H2,1-2H3. The van der Waals surface area contributed by atoms with Gasteiger partial charge in [-0.3, -0.25) is 0 Å². The lowest BCUT2D eigenvalue weighted by atomic mass is 9.79. The van der Waals surface area contributed by atoms with Crippen LogP contribution in [-0.2, 0) is 10.2 Å². The molecular weight excluding hydrogens is 186 g/mol. The van der Waals surface area contributed by atoms with E-state index in [-0.39, 0.29) is 5.41 Å². The Kier molecular flexibility index (Phi) is 2.37. The molecule has 2 heteroatoms. The van der Waals surface area contributed by atoms with Crippen molar-refractivity contribution in [2.45, 2.75) is 18.8 Å². The van der Waals surface area contributed by atoms with Crippen molar-refractivity contribution in [3.05, 3.63) is 41.6 Å². The van der Waals surface area contributed by atoms with Gasteiger partial charge in [-0.2, -0.15) is 0 Å². The Morgan fingerprint density at radius 2 is 2.00 bits per heavy atom. The van der Waals surface area contributed by atoms with E-state index in [1.165, 1.54) is 5.56 Å². The molecule has 1 aromatic carbocycles. The molecule has 1 fully saturated rings. The van der Waals surface area contributed by atoms with Gasteiger partial charge in [0.05, 0.1) is 0 Å². The van der Waals surface area contributed by atoms with Gasteiger partial charge in [0.2, 0.25) is 0 Å². The van der Waals surface area contributed by atoms with Crippen LogP contribution in [0.25, 0.3) is 0 Å². The average Bonchev–Trinajstić information content (AvgIpc) is 2.57. The van der Waals surface area contributed by atoms with E-state index >= 15 is 0 Å². The highest BCUT2D eigenvalue weighted by molar-refractivity contribution is 5.59. The lowest BCUT2D eigenvalue weighted by Crippen LogP contribution is -2.24. The zero-order valence-corrected chi connectivity index (χ0v) is 9.16. The Bertz CT molecular complexity index is 406. The van der Waals surface area contributed by atoms with E-state index in [0.717, 1.165) is 18.7 Å². The lowest BCUT2D eigenvalue weighted by Gasteiger charge is -2.25. The summed E-state index contributed by atoms with van der Waals surface area (Å²) < 4.78 is 0. The zero-order chi connectivity index (χ0) is 10.9. The van der Waals surface area contributed by atoms with Crippen LogP contribution < -0.4 is 0 Å². The molecule has 1 atom stereocenters. The molecule has 0 aromatic heterocycles. The van der Waals surface area contributed by atoms with Crippen LogP contribution in [0.4, 0.5) is 0 Å². The summed E-state index contributed by atoms with van der Waals surface area (Å²) in [5.41, 5.74) is 1.82. The van der Waals surface area contributed by atoms with Crippen LogP contribution in [0.15, 0.2) is 36.0 Å². The van der Waals surface area contributed by atoms with E-state index in [9.17, 15) is 4.79 Å². The highest BCUT2D eigenvalue weighted by atomic mass is 16.1. The van der Waals surface area contributed by atoms with Crippen molar-refractivity contribution < 1.29 is 4.79 Å². The topological polar surface area (TPSA) is 20.3 Å². The minimum absolute atomic E-state index is 0.155. The van der Waals surface area contributed by atoms with Gasteiger partial charge in [-0.1, -0.05) is 30.3 Å². The SMILES string of the molecule is CN1CCC(C)(c2ccccc2)C1=C=O. The Morgan fingerprint density at radius 1 is 1.33 bits per heavy atom. The molecule has 0 saturated carbocycles. The van der Waals surface area contributed by atoms with E-state index in [1.807, 2.05) is 30.1 Å².